The summed E-state index contributed by atoms with van der Waals surface area (Å²) in [7, 11) is 0. The van der Waals surface area contributed by atoms with Crippen molar-refractivity contribution < 1.29 is 4.92 Å². The molecule has 3 nitrogen and oxygen atoms in total. The Hall–Kier alpha value is -1.03. The van der Waals surface area contributed by atoms with Crippen molar-refractivity contribution in [2.45, 2.75) is 31.7 Å². The number of nitro groups is 1. The first-order chi connectivity index (χ1) is 8.20. The molecular weight excluding hydrogens is 234 g/mol. The lowest BCUT2D eigenvalue weighted by Crippen LogP contribution is -2.22. The van der Waals surface area contributed by atoms with Gasteiger partial charge in [-0.1, -0.05) is 29.9 Å². The van der Waals surface area contributed by atoms with Crippen LogP contribution in [0.1, 0.15) is 25.7 Å². The molecule has 0 aromatic rings. The van der Waals surface area contributed by atoms with Gasteiger partial charge in [-0.05, 0) is 19.1 Å². The molecule has 0 saturated carbocycles. The van der Waals surface area contributed by atoms with E-state index in [0.29, 0.717) is 18.8 Å². The number of thioether (sulfide) groups is 1. The zero-order chi connectivity index (χ0) is 12.3. The van der Waals surface area contributed by atoms with Gasteiger partial charge in [-0.3, -0.25) is 10.1 Å². The maximum absolute atomic E-state index is 10.7. The highest BCUT2D eigenvalue weighted by atomic mass is 32.2. The Balaban J connectivity index is 1.96. The van der Waals surface area contributed by atoms with E-state index >= 15 is 0 Å². The van der Waals surface area contributed by atoms with Crippen molar-refractivity contribution in [1.82, 2.24) is 0 Å². The number of hydrogen-bond acceptors (Lipinski definition) is 3. The van der Waals surface area contributed by atoms with Crippen LogP contribution in [0.4, 0.5) is 0 Å². The molecule has 2 unspecified atom stereocenters. The Morgan fingerprint density at radius 1 is 1.41 bits per heavy atom. The van der Waals surface area contributed by atoms with Crippen LogP contribution < -0.4 is 0 Å². The average molecular weight is 251 g/mol. The quantitative estimate of drug-likeness (QED) is 0.437. The second-order valence-electron chi connectivity index (χ2n) is 4.50. The van der Waals surface area contributed by atoms with Crippen molar-refractivity contribution >= 4 is 11.8 Å². The predicted octanol–water partition coefficient (Wildman–Crippen LogP) is 3.57. The van der Waals surface area contributed by atoms with Crippen LogP contribution in [-0.2, 0) is 0 Å². The van der Waals surface area contributed by atoms with Crippen LogP contribution in [-0.4, -0.2) is 17.2 Å². The van der Waals surface area contributed by atoms with Crippen molar-refractivity contribution in [3.8, 4) is 0 Å². The molecular formula is C13H17NO2S. The summed E-state index contributed by atoms with van der Waals surface area (Å²) in [5.74, 6) is 0.471. The third kappa shape index (κ3) is 3.00. The van der Waals surface area contributed by atoms with Crippen LogP contribution in [0.2, 0.25) is 0 Å². The Labute approximate surface area is 106 Å². The summed E-state index contributed by atoms with van der Waals surface area (Å²) in [5, 5.41) is 10.7. The van der Waals surface area contributed by atoms with Crippen LogP contribution in [0, 0.1) is 16.0 Å². The number of hydrogen-bond donors (Lipinski definition) is 0. The first kappa shape index (κ1) is 12.4. The van der Waals surface area contributed by atoms with Gasteiger partial charge in [-0.25, -0.2) is 0 Å². The molecule has 4 heteroatoms. The summed E-state index contributed by atoms with van der Waals surface area (Å²) in [4.78, 5) is 11.8. The standard InChI is InChI=1S/C13H17NO2S/c1-17-13-8-4-11(5-9-13)10-2-6-12(7-3-10)14(15)16/h2,4,8-9,11-12H,3,5-7H2,1H3. The lowest BCUT2D eigenvalue weighted by molar-refractivity contribution is -0.523. The van der Waals surface area contributed by atoms with E-state index in [2.05, 4.69) is 30.6 Å². The SMILES string of the molecule is CSC1=CCC(C2=CCC([N+](=O)[O-])CC2)C=C1. The highest BCUT2D eigenvalue weighted by Crippen LogP contribution is 2.32. The molecule has 17 heavy (non-hydrogen) atoms. The molecule has 0 bridgehead atoms. The minimum atomic E-state index is -0.358. The van der Waals surface area contributed by atoms with Gasteiger partial charge in [0, 0.05) is 28.6 Å². The molecule has 0 radical (unpaired) electrons. The molecule has 2 atom stereocenters. The minimum absolute atomic E-state index is 0.143. The normalized spacial score (nSPS) is 28.5. The summed E-state index contributed by atoms with van der Waals surface area (Å²) >= 11 is 1.76. The summed E-state index contributed by atoms with van der Waals surface area (Å²) in [5.41, 5.74) is 1.38. The van der Waals surface area contributed by atoms with Gasteiger partial charge in [0.2, 0.25) is 6.04 Å². The lowest BCUT2D eigenvalue weighted by atomic mass is 9.84. The molecule has 0 N–H and O–H groups in total. The average Bonchev–Trinajstić information content (AvgIpc) is 2.39. The van der Waals surface area contributed by atoms with E-state index in [1.807, 2.05) is 0 Å². The van der Waals surface area contributed by atoms with Crippen molar-refractivity contribution in [3.63, 3.8) is 0 Å². The smallest absolute Gasteiger partial charge is 0.216 e. The summed E-state index contributed by atoms with van der Waals surface area (Å²) in [6.45, 7) is 0. The fourth-order valence-electron chi connectivity index (χ4n) is 2.40. The monoisotopic (exact) mass is 251 g/mol. The molecule has 92 valence electrons. The Kier molecular flexibility index (Phi) is 4.05. The van der Waals surface area contributed by atoms with Crippen LogP contribution in [0.15, 0.2) is 34.8 Å². The topological polar surface area (TPSA) is 43.1 Å². The maximum Gasteiger partial charge on any atom is 0.216 e. The zero-order valence-corrected chi connectivity index (χ0v) is 10.8. The van der Waals surface area contributed by atoms with Crippen LogP contribution in [0.3, 0.4) is 0 Å². The molecule has 0 heterocycles. The van der Waals surface area contributed by atoms with Crippen LogP contribution in [0.5, 0.6) is 0 Å². The van der Waals surface area contributed by atoms with Gasteiger partial charge < -0.3 is 0 Å². The van der Waals surface area contributed by atoms with Crippen molar-refractivity contribution in [3.05, 3.63) is 44.9 Å². The maximum atomic E-state index is 10.7. The molecule has 0 spiro atoms. The number of allylic oxidation sites excluding steroid dienone is 4. The van der Waals surface area contributed by atoms with Gasteiger partial charge in [-0.15, -0.1) is 11.8 Å². The Bertz CT molecular complexity index is 398. The largest absolute Gasteiger partial charge is 0.264 e. The number of rotatable bonds is 3. The van der Waals surface area contributed by atoms with Gasteiger partial charge >= 0.3 is 0 Å². The van der Waals surface area contributed by atoms with Gasteiger partial charge in [0.15, 0.2) is 0 Å². The second-order valence-corrected chi connectivity index (χ2v) is 5.38. The summed E-state index contributed by atoms with van der Waals surface area (Å²) in [6, 6.07) is -0.358. The van der Waals surface area contributed by atoms with Gasteiger partial charge in [0.1, 0.15) is 0 Å². The van der Waals surface area contributed by atoms with Crippen molar-refractivity contribution in [2.24, 2.45) is 5.92 Å². The molecule has 0 fully saturated rings. The fourth-order valence-corrected chi connectivity index (χ4v) is 2.87. The molecule has 0 aliphatic heterocycles. The predicted molar refractivity (Wildman–Crippen MR) is 71.6 cm³/mol. The van der Waals surface area contributed by atoms with Crippen LogP contribution in [0.25, 0.3) is 0 Å². The van der Waals surface area contributed by atoms with E-state index in [1.54, 1.807) is 11.8 Å². The van der Waals surface area contributed by atoms with E-state index in [9.17, 15) is 10.1 Å². The van der Waals surface area contributed by atoms with E-state index in [0.717, 1.165) is 12.8 Å². The van der Waals surface area contributed by atoms with Crippen LogP contribution >= 0.6 is 11.8 Å². The van der Waals surface area contributed by atoms with Gasteiger partial charge in [0.25, 0.3) is 0 Å². The third-order valence-corrected chi connectivity index (χ3v) is 4.27. The van der Waals surface area contributed by atoms with Crippen molar-refractivity contribution in [1.29, 1.82) is 0 Å². The molecule has 2 aliphatic rings. The summed E-state index contributed by atoms with van der Waals surface area (Å²) < 4.78 is 0. The lowest BCUT2D eigenvalue weighted by Gasteiger charge is -2.23. The Morgan fingerprint density at radius 3 is 2.71 bits per heavy atom. The first-order valence-corrected chi connectivity index (χ1v) is 7.18. The first-order valence-electron chi connectivity index (χ1n) is 5.95. The fraction of sp³-hybridized carbons (Fsp3) is 0.538. The highest BCUT2D eigenvalue weighted by molar-refractivity contribution is 8.02. The molecule has 2 rings (SSSR count). The highest BCUT2D eigenvalue weighted by Gasteiger charge is 2.25. The van der Waals surface area contributed by atoms with Gasteiger partial charge in [-0.2, -0.15) is 0 Å². The van der Waals surface area contributed by atoms with E-state index < -0.39 is 0 Å². The van der Waals surface area contributed by atoms with E-state index in [4.69, 9.17) is 0 Å². The molecule has 0 amide bonds. The van der Waals surface area contributed by atoms with Gasteiger partial charge in [0.05, 0.1) is 0 Å². The minimum Gasteiger partial charge on any atom is -0.264 e. The van der Waals surface area contributed by atoms with E-state index in [1.165, 1.54) is 10.5 Å². The van der Waals surface area contributed by atoms with E-state index in [-0.39, 0.29) is 11.0 Å². The Morgan fingerprint density at radius 2 is 2.24 bits per heavy atom. The molecule has 0 aromatic carbocycles. The number of nitrogens with zero attached hydrogens (tertiary/aromatic N) is 1. The molecule has 0 aromatic heterocycles. The molecule has 2 aliphatic carbocycles. The molecule has 0 saturated heterocycles. The third-order valence-electron chi connectivity index (χ3n) is 3.49. The second kappa shape index (κ2) is 5.54. The van der Waals surface area contributed by atoms with Crippen molar-refractivity contribution in [2.75, 3.05) is 6.26 Å². The summed E-state index contributed by atoms with van der Waals surface area (Å²) in [6.07, 6.45) is 14.1. The zero-order valence-electron chi connectivity index (χ0n) is 9.96.